The minimum atomic E-state index is -5.81. The summed E-state index contributed by atoms with van der Waals surface area (Å²) in [5.41, 5.74) is -6.23. The smallest absolute Gasteiger partial charge is 0.399 e. The lowest BCUT2D eigenvalue weighted by Crippen LogP contribution is -2.41. The summed E-state index contributed by atoms with van der Waals surface area (Å²) in [7, 11) is -6.87. The van der Waals surface area contributed by atoms with Gasteiger partial charge in [0.2, 0.25) is 0 Å². The van der Waals surface area contributed by atoms with Gasteiger partial charge in [0, 0.05) is 5.46 Å². The Kier molecular flexibility index (Phi) is 5.22. The average Bonchev–Trinajstić information content (AvgIpc) is 2.60. The Morgan fingerprint density at radius 1 is 1.12 bits per heavy atom. The molecular formula is C14H17BF3IO5S. The second-order valence-electron chi connectivity index (χ2n) is 6.74. The van der Waals surface area contributed by atoms with Crippen molar-refractivity contribution < 1.29 is 35.1 Å². The third-order valence-electron chi connectivity index (χ3n) is 4.20. The van der Waals surface area contributed by atoms with Crippen LogP contribution in [0.5, 0.6) is 5.75 Å². The molecule has 2 rings (SSSR count). The van der Waals surface area contributed by atoms with Gasteiger partial charge in [-0.1, -0.05) is 11.6 Å². The highest BCUT2D eigenvalue weighted by molar-refractivity contribution is 14.1. The molecule has 0 radical (unpaired) electrons. The van der Waals surface area contributed by atoms with E-state index in [4.69, 9.17) is 9.31 Å². The standard InChI is InChI=1S/C14H17BF3IO5S/c1-8-6-9(15-23-12(2,3)13(4,5)24-15)11(10(19)7-8)22-25(20,21)14(16,17)18/h6-7H,1-5H3. The van der Waals surface area contributed by atoms with Crippen LogP contribution in [0.15, 0.2) is 12.1 Å². The van der Waals surface area contributed by atoms with E-state index in [1.54, 1.807) is 57.2 Å². The summed E-state index contributed by atoms with van der Waals surface area (Å²) >= 11 is 1.72. The molecule has 11 heteroatoms. The van der Waals surface area contributed by atoms with Gasteiger partial charge in [0.15, 0.2) is 5.75 Å². The third-order valence-corrected chi connectivity index (χ3v) is 5.95. The van der Waals surface area contributed by atoms with Crippen LogP contribution in [0.4, 0.5) is 13.2 Å². The molecule has 0 aromatic heterocycles. The van der Waals surface area contributed by atoms with Crippen molar-refractivity contribution in [3.63, 3.8) is 0 Å². The molecule has 1 aromatic rings. The zero-order valence-corrected chi connectivity index (χ0v) is 17.2. The zero-order valence-electron chi connectivity index (χ0n) is 14.2. The lowest BCUT2D eigenvalue weighted by Gasteiger charge is -2.32. The van der Waals surface area contributed by atoms with Gasteiger partial charge in [-0.25, -0.2) is 0 Å². The molecule has 1 saturated heterocycles. The maximum atomic E-state index is 12.7. The van der Waals surface area contributed by atoms with Gasteiger partial charge in [0.05, 0.1) is 14.8 Å². The van der Waals surface area contributed by atoms with Crippen molar-refractivity contribution in [2.24, 2.45) is 0 Å². The van der Waals surface area contributed by atoms with E-state index in [9.17, 15) is 21.6 Å². The van der Waals surface area contributed by atoms with E-state index in [1.807, 2.05) is 0 Å². The average molecular weight is 492 g/mol. The van der Waals surface area contributed by atoms with Crippen molar-refractivity contribution in [1.82, 2.24) is 0 Å². The molecule has 0 bridgehead atoms. The lowest BCUT2D eigenvalue weighted by molar-refractivity contribution is -0.0500. The first-order valence-electron chi connectivity index (χ1n) is 7.24. The molecule has 0 unspecified atom stereocenters. The molecule has 0 spiro atoms. The molecule has 1 aromatic carbocycles. The van der Waals surface area contributed by atoms with E-state index in [-0.39, 0.29) is 9.03 Å². The highest BCUT2D eigenvalue weighted by atomic mass is 127. The van der Waals surface area contributed by atoms with Crippen LogP contribution in [-0.2, 0) is 19.4 Å². The first kappa shape index (κ1) is 20.8. The number of halogens is 4. The van der Waals surface area contributed by atoms with Crippen LogP contribution < -0.4 is 9.65 Å². The Balaban J connectivity index is 2.54. The molecule has 1 fully saturated rings. The zero-order chi connectivity index (χ0) is 19.4. The Morgan fingerprint density at radius 3 is 2.04 bits per heavy atom. The van der Waals surface area contributed by atoms with E-state index >= 15 is 0 Å². The first-order chi connectivity index (χ1) is 11.1. The van der Waals surface area contributed by atoms with Crippen molar-refractivity contribution in [2.45, 2.75) is 51.3 Å². The maximum Gasteiger partial charge on any atom is 0.534 e. The van der Waals surface area contributed by atoms with E-state index in [0.717, 1.165) is 0 Å². The van der Waals surface area contributed by atoms with Crippen LogP contribution in [0.2, 0.25) is 0 Å². The van der Waals surface area contributed by atoms with Gasteiger partial charge < -0.3 is 13.5 Å². The molecule has 25 heavy (non-hydrogen) atoms. The molecule has 0 amide bonds. The fourth-order valence-corrected chi connectivity index (χ4v) is 3.71. The van der Waals surface area contributed by atoms with Gasteiger partial charge in [0.1, 0.15) is 0 Å². The summed E-state index contributed by atoms with van der Waals surface area (Å²) in [4.78, 5) is 0. The molecule has 0 saturated carbocycles. The van der Waals surface area contributed by atoms with E-state index in [0.29, 0.717) is 5.56 Å². The Hall–Kier alpha value is -0.525. The topological polar surface area (TPSA) is 61.8 Å². The Labute approximate surface area is 158 Å². The molecule has 0 N–H and O–H groups in total. The summed E-state index contributed by atoms with van der Waals surface area (Å²) in [6.07, 6.45) is 0. The van der Waals surface area contributed by atoms with Crippen LogP contribution in [0.25, 0.3) is 0 Å². The van der Waals surface area contributed by atoms with Gasteiger partial charge in [-0.3, -0.25) is 0 Å². The fourth-order valence-electron chi connectivity index (χ4n) is 2.15. The van der Waals surface area contributed by atoms with Crippen molar-refractivity contribution in [3.8, 4) is 5.75 Å². The van der Waals surface area contributed by atoms with Crippen LogP contribution >= 0.6 is 22.6 Å². The summed E-state index contributed by atoms with van der Waals surface area (Å²) in [5.74, 6) is -0.443. The summed E-state index contributed by atoms with van der Waals surface area (Å²) < 4.78 is 77.3. The van der Waals surface area contributed by atoms with Gasteiger partial charge >= 0.3 is 22.7 Å². The molecule has 0 atom stereocenters. The van der Waals surface area contributed by atoms with Gasteiger partial charge in [-0.2, -0.15) is 21.6 Å². The summed E-state index contributed by atoms with van der Waals surface area (Å²) in [6, 6.07) is 3.00. The molecular weight excluding hydrogens is 475 g/mol. The van der Waals surface area contributed by atoms with Gasteiger partial charge in [-0.15, -0.1) is 0 Å². The number of aryl methyl sites for hydroxylation is 1. The quantitative estimate of drug-likeness (QED) is 0.281. The fraction of sp³-hybridized carbons (Fsp3) is 0.571. The number of hydrogen-bond donors (Lipinski definition) is 0. The van der Waals surface area contributed by atoms with Crippen LogP contribution in [-0.4, -0.2) is 32.2 Å². The van der Waals surface area contributed by atoms with Gasteiger partial charge in [0.25, 0.3) is 0 Å². The maximum absolute atomic E-state index is 12.7. The molecule has 1 aliphatic rings. The Morgan fingerprint density at radius 2 is 1.60 bits per heavy atom. The van der Waals surface area contributed by atoms with Gasteiger partial charge in [-0.05, 0) is 63.3 Å². The summed E-state index contributed by atoms with van der Waals surface area (Å²) in [6.45, 7) is 8.84. The molecule has 1 heterocycles. The highest BCUT2D eigenvalue weighted by Crippen LogP contribution is 2.38. The minimum Gasteiger partial charge on any atom is -0.399 e. The first-order valence-corrected chi connectivity index (χ1v) is 9.72. The monoisotopic (exact) mass is 492 g/mol. The predicted molar refractivity (Wildman–Crippen MR) is 95.2 cm³/mol. The van der Waals surface area contributed by atoms with Crippen LogP contribution in [0.1, 0.15) is 33.3 Å². The second kappa shape index (κ2) is 6.27. The number of hydrogen-bond acceptors (Lipinski definition) is 5. The van der Waals surface area contributed by atoms with E-state index < -0.39 is 39.7 Å². The minimum absolute atomic E-state index is 0.0934. The number of benzene rings is 1. The van der Waals surface area contributed by atoms with E-state index in [2.05, 4.69) is 4.18 Å². The van der Waals surface area contributed by atoms with Crippen molar-refractivity contribution in [2.75, 3.05) is 0 Å². The lowest BCUT2D eigenvalue weighted by atomic mass is 9.77. The largest absolute Gasteiger partial charge is 0.534 e. The van der Waals surface area contributed by atoms with Crippen LogP contribution in [0, 0.1) is 10.5 Å². The second-order valence-corrected chi connectivity index (χ2v) is 9.44. The number of alkyl halides is 3. The predicted octanol–water partition coefficient (Wildman–Crippen LogP) is 3.13. The van der Waals surface area contributed by atoms with Crippen molar-refractivity contribution in [3.05, 3.63) is 21.3 Å². The van der Waals surface area contributed by atoms with Crippen molar-refractivity contribution >= 4 is 45.3 Å². The normalized spacial score (nSPS) is 20.0. The van der Waals surface area contributed by atoms with E-state index in [1.165, 1.54) is 12.1 Å². The molecule has 5 nitrogen and oxygen atoms in total. The third kappa shape index (κ3) is 3.93. The van der Waals surface area contributed by atoms with Crippen molar-refractivity contribution in [1.29, 1.82) is 0 Å². The molecule has 0 aliphatic carbocycles. The summed E-state index contributed by atoms with van der Waals surface area (Å²) in [5, 5.41) is 0. The SMILES string of the molecule is Cc1cc(I)c(OS(=O)(=O)C(F)(F)F)c(B2OC(C)(C)C(C)(C)O2)c1. The molecule has 140 valence electrons. The van der Waals surface area contributed by atoms with Crippen LogP contribution in [0.3, 0.4) is 0 Å². The Bertz CT molecular complexity index is 776. The molecule has 1 aliphatic heterocycles. The number of rotatable bonds is 3. The highest BCUT2D eigenvalue weighted by Gasteiger charge is 2.54.